The molecule has 0 spiro atoms. The molecule has 0 unspecified atom stereocenters. The van der Waals surface area contributed by atoms with Crippen molar-refractivity contribution in [2.24, 2.45) is 4.40 Å². The van der Waals surface area contributed by atoms with E-state index in [4.69, 9.17) is 4.74 Å². The Morgan fingerprint density at radius 2 is 2.09 bits per heavy atom. The fourth-order valence-corrected chi connectivity index (χ4v) is 6.19. The van der Waals surface area contributed by atoms with Crippen molar-refractivity contribution in [3.8, 4) is 0 Å². The van der Waals surface area contributed by atoms with E-state index >= 15 is 0 Å². The number of benzene rings is 2. The van der Waals surface area contributed by atoms with Crippen LogP contribution in [0.2, 0.25) is 0 Å². The molecule has 0 radical (unpaired) electrons. The summed E-state index contributed by atoms with van der Waals surface area (Å²) in [6.45, 7) is 1.04. The lowest BCUT2D eigenvalue weighted by molar-refractivity contribution is 0.0675. The van der Waals surface area contributed by atoms with Gasteiger partial charge in [-0.25, -0.2) is 13.4 Å². The van der Waals surface area contributed by atoms with Gasteiger partial charge in [0.05, 0.1) is 35.5 Å². The Hall–Kier alpha value is -3.22. The number of carbonyl (C=O) groups excluding carboxylic acids is 1. The van der Waals surface area contributed by atoms with Gasteiger partial charge in [0.1, 0.15) is 5.82 Å². The van der Waals surface area contributed by atoms with E-state index < -0.39 is 10.0 Å². The molecule has 3 aromatic rings. The van der Waals surface area contributed by atoms with Gasteiger partial charge >= 0.3 is 0 Å². The van der Waals surface area contributed by atoms with Crippen LogP contribution in [0.3, 0.4) is 0 Å². The Labute approximate surface area is 199 Å². The van der Waals surface area contributed by atoms with Crippen molar-refractivity contribution < 1.29 is 17.9 Å². The monoisotopic (exact) mass is 499 g/mol. The average molecular weight is 500 g/mol. The average Bonchev–Trinajstić information content (AvgIpc) is 3.16. The molecule has 0 aliphatic carbocycles. The number of hydrogen-bond donors (Lipinski definition) is 1. The number of amidine groups is 1. The highest BCUT2D eigenvalue weighted by Gasteiger charge is 2.33. The van der Waals surface area contributed by atoms with Crippen LogP contribution in [0.25, 0.3) is 10.9 Å². The van der Waals surface area contributed by atoms with Crippen LogP contribution in [0.15, 0.2) is 56.6 Å². The molecular formula is C22H21N5O5S2. The van der Waals surface area contributed by atoms with Crippen molar-refractivity contribution >= 4 is 49.5 Å². The van der Waals surface area contributed by atoms with Gasteiger partial charge in [-0.2, -0.15) is 0 Å². The maximum Gasteiger partial charge on any atom is 0.258 e. The quantitative estimate of drug-likeness (QED) is 0.545. The Morgan fingerprint density at radius 3 is 2.91 bits per heavy atom. The summed E-state index contributed by atoms with van der Waals surface area (Å²) in [4.78, 5) is 37.3. The molecule has 0 fully saturated rings. The molecule has 1 amide bonds. The molecule has 5 rings (SSSR count). The molecule has 176 valence electrons. The van der Waals surface area contributed by atoms with Gasteiger partial charge in [-0.05, 0) is 42.1 Å². The number of aromatic amines is 1. The molecule has 2 aliphatic heterocycles. The number of anilines is 1. The smallest absolute Gasteiger partial charge is 0.258 e. The number of H-pyrrole nitrogens is 1. The summed E-state index contributed by atoms with van der Waals surface area (Å²) in [6.07, 6.45) is 0. The highest BCUT2D eigenvalue weighted by atomic mass is 32.2. The first-order chi connectivity index (χ1) is 16.3. The maximum absolute atomic E-state index is 13.4. The zero-order valence-electron chi connectivity index (χ0n) is 18.2. The SMILES string of the molecule is COCCN(Cc1nc2ccccc2c(=O)[nH]1)C(=O)c1ccc2c(c1)SC1=NS(=O)(=O)CCN12. The van der Waals surface area contributed by atoms with Crippen molar-refractivity contribution in [2.45, 2.75) is 11.4 Å². The van der Waals surface area contributed by atoms with E-state index in [-0.39, 0.29) is 23.8 Å². The fourth-order valence-electron chi connectivity index (χ4n) is 3.89. The lowest BCUT2D eigenvalue weighted by atomic mass is 10.1. The van der Waals surface area contributed by atoms with Crippen LogP contribution in [0.1, 0.15) is 16.2 Å². The fraction of sp³-hybridized carbons (Fsp3) is 0.273. The number of fused-ring (bicyclic) bond motifs is 4. The number of sulfonamides is 1. The maximum atomic E-state index is 13.4. The summed E-state index contributed by atoms with van der Waals surface area (Å²) in [5.74, 6) is 0.0786. The van der Waals surface area contributed by atoms with Crippen molar-refractivity contribution in [3.05, 3.63) is 64.2 Å². The topological polar surface area (TPSA) is 125 Å². The summed E-state index contributed by atoms with van der Waals surface area (Å²) in [5, 5.41) is 0.887. The van der Waals surface area contributed by atoms with Crippen LogP contribution < -0.4 is 10.5 Å². The third kappa shape index (κ3) is 4.31. The van der Waals surface area contributed by atoms with Gasteiger partial charge in [-0.3, -0.25) is 9.59 Å². The standard InChI is InChI=1S/C22H21N5O5S2/c1-32-10-8-26(13-19-23-16-5-3-2-4-15(16)20(28)24-19)21(29)14-6-7-17-18(12-14)33-22-25-34(30,31)11-9-27(17)22/h2-7,12H,8-11,13H2,1H3,(H,23,24,28). The van der Waals surface area contributed by atoms with Crippen LogP contribution in [-0.2, 0) is 21.3 Å². The molecule has 34 heavy (non-hydrogen) atoms. The second kappa shape index (κ2) is 8.85. The highest BCUT2D eigenvalue weighted by Crippen LogP contribution is 2.42. The first-order valence-corrected chi connectivity index (χ1v) is 13.0. The molecular weight excluding hydrogens is 478 g/mol. The molecule has 0 bridgehead atoms. The molecule has 0 saturated carbocycles. The molecule has 0 atom stereocenters. The zero-order chi connectivity index (χ0) is 23.9. The number of methoxy groups -OCH3 is 1. The number of nitrogens with zero attached hydrogens (tertiary/aromatic N) is 4. The van der Waals surface area contributed by atoms with Crippen LogP contribution in [0.4, 0.5) is 5.69 Å². The van der Waals surface area contributed by atoms with Gasteiger partial charge in [0.2, 0.25) is 0 Å². The number of hydrogen-bond acceptors (Lipinski definition) is 8. The summed E-state index contributed by atoms with van der Waals surface area (Å²) in [5.41, 5.74) is 1.57. The normalized spacial score (nSPS) is 16.1. The molecule has 2 aromatic carbocycles. The minimum Gasteiger partial charge on any atom is -0.383 e. The summed E-state index contributed by atoms with van der Waals surface area (Å²) >= 11 is 1.23. The van der Waals surface area contributed by atoms with E-state index in [0.717, 1.165) is 10.6 Å². The second-order valence-corrected chi connectivity index (χ2v) is 10.6. The van der Waals surface area contributed by atoms with Crippen molar-refractivity contribution in [1.29, 1.82) is 0 Å². The molecule has 1 aromatic heterocycles. The number of rotatable bonds is 6. The second-order valence-electron chi connectivity index (χ2n) is 7.85. The van der Waals surface area contributed by atoms with Crippen LogP contribution in [0, 0.1) is 0 Å². The number of ether oxygens (including phenoxy) is 1. The first-order valence-electron chi connectivity index (χ1n) is 10.5. The van der Waals surface area contributed by atoms with Gasteiger partial charge < -0.3 is 19.5 Å². The Morgan fingerprint density at radius 1 is 1.26 bits per heavy atom. The number of para-hydroxylation sites is 1. The largest absolute Gasteiger partial charge is 0.383 e. The minimum absolute atomic E-state index is 0.0427. The lowest BCUT2D eigenvalue weighted by Gasteiger charge is -2.23. The number of amides is 1. The van der Waals surface area contributed by atoms with Gasteiger partial charge in [-0.1, -0.05) is 12.1 Å². The number of thioether (sulfide) groups is 1. The molecule has 10 nitrogen and oxygen atoms in total. The predicted molar refractivity (Wildman–Crippen MR) is 130 cm³/mol. The Kier molecular flexibility index (Phi) is 5.88. The van der Waals surface area contributed by atoms with Gasteiger partial charge in [0.25, 0.3) is 21.5 Å². The third-order valence-corrected chi connectivity index (χ3v) is 7.88. The third-order valence-electron chi connectivity index (χ3n) is 5.57. The minimum atomic E-state index is -3.46. The summed E-state index contributed by atoms with van der Waals surface area (Å²) in [7, 11) is -1.91. The van der Waals surface area contributed by atoms with E-state index in [1.807, 2.05) is 4.90 Å². The summed E-state index contributed by atoms with van der Waals surface area (Å²) < 4.78 is 32.7. The van der Waals surface area contributed by atoms with Crippen LogP contribution >= 0.6 is 11.8 Å². The van der Waals surface area contributed by atoms with Gasteiger partial charge in [-0.15, -0.1) is 4.40 Å². The van der Waals surface area contributed by atoms with Crippen LogP contribution in [0.5, 0.6) is 0 Å². The molecule has 0 saturated heterocycles. The van der Waals surface area contributed by atoms with Gasteiger partial charge in [0.15, 0.2) is 5.17 Å². The highest BCUT2D eigenvalue weighted by molar-refractivity contribution is 8.15. The number of carbonyl (C=O) groups is 1. The van der Waals surface area contributed by atoms with E-state index in [0.29, 0.717) is 47.2 Å². The molecule has 1 N–H and O–H groups in total. The van der Waals surface area contributed by atoms with Crippen molar-refractivity contribution in [1.82, 2.24) is 14.9 Å². The zero-order valence-corrected chi connectivity index (χ0v) is 19.9. The van der Waals surface area contributed by atoms with Crippen molar-refractivity contribution in [3.63, 3.8) is 0 Å². The number of aromatic nitrogens is 2. The Bertz CT molecular complexity index is 1480. The number of nitrogens with one attached hydrogen (secondary N) is 1. The predicted octanol–water partition coefficient (Wildman–Crippen LogP) is 1.82. The summed E-state index contributed by atoms with van der Waals surface area (Å²) in [6, 6.07) is 12.3. The van der Waals surface area contributed by atoms with E-state index in [1.54, 1.807) is 54.5 Å². The molecule has 2 aliphatic rings. The van der Waals surface area contributed by atoms with Gasteiger partial charge in [0, 0.05) is 30.7 Å². The first kappa shape index (κ1) is 22.6. The Balaban J connectivity index is 1.43. The van der Waals surface area contributed by atoms with Crippen molar-refractivity contribution in [2.75, 3.05) is 37.5 Å². The lowest BCUT2D eigenvalue weighted by Crippen LogP contribution is -2.35. The van der Waals surface area contributed by atoms with E-state index in [9.17, 15) is 18.0 Å². The van der Waals surface area contributed by atoms with E-state index in [1.165, 1.54) is 11.8 Å². The molecule has 12 heteroatoms. The van der Waals surface area contributed by atoms with E-state index in [2.05, 4.69) is 14.4 Å². The molecule has 3 heterocycles. The van der Waals surface area contributed by atoms with Crippen LogP contribution in [-0.4, -0.2) is 66.9 Å².